The van der Waals surface area contributed by atoms with Crippen molar-refractivity contribution in [2.45, 2.75) is 83.5 Å². The lowest BCUT2D eigenvalue weighted by atomic mass is 9.75. The average molecular weight is 336 g/mol. The molecule has 2 saturated carbocycles. The minimum Gasteiger partial charge on any atom is -0.516 e. The van der Waals surface area contributed by atoms with Gasteiger partial charge in [-0.1, -0.05) is 32.1 Å². The van der Waals surface area contributed by atoms with E-state index in [9.17, 15) is 14.7 Å². The normalized spacial score (nSPS) is 29.8. The number of allylic oxidation sites excluding steroid dienone is 1. The van der Waals surface area contributed by atoms with Gasteiger partial charge in [0, 0.05) is 18.8 Å². The smallest absolute Gasteiger partial charge is 0.303 e. The van der Waals surface area contributed by atoms with Gasteiger partial charge in [0.15, 0.2) is 0 Å². The third kappa shape index (κ3) is 5.35. The van der Waals surface area contributed by atoms with Crippen molar-refractivity contribution in [1.82, 2.24) is 0 Å². The van der Waals surface area contributed by atoms with Crippen LogP contribution in [0, 0.1) is 17.8 Å². The molecule has 3 unspecified atom stereocenters. The number of ketones is 1. The van der Waals surface area contributed by atoms with Gasteiger partial charge in [0.05, 0.1) is 6.26 Å². The summed E-state index contributed by atoms with van der Waals surface area (Å²) >= 11 is 0. The number of hydrogen-bond acceptors (Lipinski definition) is 3. The molecule has 2 aliphatic carbocycles. The van der Waals surface area contributed by atoms with Gasteiger partial charge in [-0.3, -0.25) is 9.59 Å². The van der Waals surface area contributed by atoms with Crippen LogP contribution in [0.15, 0.2) is 11.8 Å². The highest BCUT2D eigenvalue weighted by atomic mass is 16.4. The first-order chi connectivity index (χ1) is 11.6. The number of aliphatic carboxylic acids is 1. The Hall–Kier alpha value is -1.32. The lowest BCUT2D eigenvalue weighted by Gasteiger charge is -2.28. The maximum Gasteiger partial charge on any atom is 0.303 e. The number of carboxylic acid groups (broad SMARTS) is 1. The summed E-state index contributed by atoms with van der Waals surface area (Å²) in [4.78, 5) is 22.9. The summed E-state index contributed by atoms with van der Waals surface area (Å²) in [6.07, 6.45) is 13.5. The molecule has 3 atom stereocenters. The zero-order chi connectivity index (χ0) is 17.4. The minimum atomic E-state index is -0.724. The number of unbranched alkanes of at least 4 members (excludes halogenated alkanes) is 3. The Morgan fingerprint density at radius 3 is 2.58 bits per heavy atom. The van der Waals surface area contributed by atoms with Crippen molar-refractivity contribution in [3.63, 3.8) is 0 Å². The monoisotopic (exact) mass is 336 g/mol. The summed E-state index contributed by atoms with van der Waals surface area (Å²) in [5.41, 5.74) is 1.17. The van der Waals surface area contributed by atoms with Gasteiger partial charge >= 0.3 is 5.97 Å². The summed E-state index contributed by atoms with van der Waals surface area (Å²) in [5, 5.41) is 18.3. The Morgan fingerprint density at radius 2 is 1.83 bits per heavy atom. The van der Waals surface area contributed by atoms with Crippen LogP contribution in [-0.2, 0) is 9.59 Å². The lowest BCUT2D eigenvalue weighted by molar-refractivity contribution is -0.137. The highest BCUT2D eigenvalue weighted by molar-refractivity contribution is 5.83. The molecule has 2 aliphatic rings. The molecule has 0 aromatic heterocycles. The molecule has 0 aromatic rings. The fourth-order valence-corrected chi connectivity index (χ4v) is 4.68. The lowest BCUT2D eigenvalue weighted by Crippen LogP contribution is -2.24. The van der Waals surface area contributed by atoms with E-state index in [4.69, 9.17) is 5.11 Å². The van der Waals surface area contributed by atoms with Crippen LogP contribution in [0.1, 0.15) is 83.5 Å². The van der Waals surface area contributed by atoms with Crippen molar-refractivity contribution in [1.29, 1.82) is 0 Å². The standard InChI is InChI=1S/C20H32O4/c21-14-15-8-4-3-6-9-16(15)17-12-13-19(22)18(17)10-5-1-2-7-11-20(23)24/h14,16-18,21H,1-13H2,(H,23,24). The number of hydrogen-bond donors (Lipinski definition) is 2. The molecule has 2 fully saturated rings. The first kappa shape index (κ1) is 19.0. The van der Waals surface area contributed by atoms with E-state index in [0.29, 0.717) is 24.0 Å². The zero-order valence-electron chi connectivity index (χ0n) is 14.7. The summed E-state index contributed by atoms with van der Waals surface area (Å²) in [7, 11) is 0. The molecule has 24 heavy (non-hydrogen) atoms. The maximum absolute atomic E-state index is 12.4. The van der Waals surface area contributed by atoms with Crippen LogP contribution in [0.5, 0.6) is 0 Å². The highest BCUT2D eigenvalue weighted by Gasteiger charge is 2.40. The molecule has 0 saturated heterocycles. The third-order valence-electron chi connectivity index (χ3n) is 5.95. The fraction of sp³-hybridized carbons (Fsp3) is 0.800. The predicted molar refractivity (Wildman–Crippen MR) is 93.8 cm³/mol. The number of carbonyl (C=O) groups excluding carboxylic acids is 1. The molecule has 0 aliphatic heterocycles. The molecule has 0 radical (unpaired) electrons. The van der Waals surface area contributed by atoms with Crippen molar-refractivity contribution in [2.24, 2.45) is 17.8 Å². The van der Waals surface area contributed by atoms with E-state index in [1.165, 1.54) is 24.7 Å². The van der Waals surface area contributed by atoms with Gasteiger partial charge in [0.2, 0.25) is 0 Å². The van der Waals surface area contributed by atoms with Crippen LogP contribution in [0.3, 0.4) is 0 Å². The molecular formula is C20H32O4. The van der Waals surface area contributed by atoms with Gasteiger partial charge in [-0.15, -0.1) is 0 Å². The second-order valence-electron chi connectivity index (χ2n) is 7.53. The van der Waals surface area contributed by atoms with E-state index in [-0.39, 0.29) is 12.3 Å². The first-order valence-corrected chi connectivity index (χ1v) is 9.71. The Balaban J connectivity index is 1.85. The van der Waals surface area contributed by atoms with Gasteiger partial charge in [0.1, 0.15) is 5.78 Å². The second-order valence-corrected chi connectivity index (χ2v) is 7.53. The van der Waals surface area contributed by atoms with E-state index in [0.717, 1.165) is 57.8 Å². The molecule has 136 valence electrons. The molecule has 4 nitrogen and oxygen atoms in total. The summed E-state index contributed by atoms with van der Waals surface area (Å²) in [6.45, 7) is 0. The second kappa shape index (κ2) is 9.85. The molecule has 0 amide bonds. The van der Waals surface area contributed by atoms with Crippen LogP contribution in [0.4, 0.5) is 0 Å². The van der Waals surface area contributed by atoms with E-state index in [2.05, 4.69) is 0 Å². The van der Waals surface area contributed by atoms with Crippen LogP contribution < -0.4 is 0 Å². The van der Waals surface area contributed by atoms with E-state index in [1.54, 1.807) is 0 Å². The van der Waals surface area contributed by atoms with Crippen LogP contribution >= 0.6 is 0 Å². The molecule has 2 rings (SSSR count). The topological polar surface area (TPSA) is 74.6 Å². The van der Waals surface area contributed by atoms with Crippen molar-refractivity contribution in [3.05, 3.63) is 11.8 Å². The van der Waals surface area contributed by atoms with Crippen molar-refractivity contribution < 1.29 is 19.8 Å². The van der Waals surface area contributed by atoms with Gasteiger partial charge < -0.3 is 10.2 Å². The van der Waals surface area contributed by atoms with Gasteiger partial charge in [-0.25, -0.2) is 0 Å². The third-order valence-corrected chi connectivity index (χ3v) is 5.95. The Kier molecular flexibility index (Phi) is 7.80. The number of aliphatic hydroxyl groups is 1. The quantitative estimate of drug-likeness (QED) is 0.370. The van der Waals surface area contributed by atoms with E-state index in [1.807, 2.05) is 0 Å². The van der Waals surface area contributed by atoms with Crippen LogP contribution in [0.2, 0.25) is 0 Å². The molecule has 0 aromatic carbocycles. The Labute approximate surface area is 145 Å². The predicted octanol–water partition coefficient (Wildman–Crippen LogP) is 5.03. The number of Topliss-reactive ketones (excluding diaryl/α,β-unsaturated/α-hetero) is 1. The molecule has 4 heteroatoms. The largest absolute Gasteiger partial charge is 0.516 e. The van der Waals surface area contributed by atoms with Gasteiger partial charge in [-0.2, -0.15) is 0 Å². The number of aliphatic hydroxyl groups excluding tert-OH is 1. The average Bonchev–Trinajstić information content (AvgIpc) is 2.78. The number of rotatable bonds is 8. The van der Waals surface area contributed by atoms with Crippen molar-refractivity contribution in [2.75, 3.05) is 0 Å². The number of carboxylic acids is 1. The van der Waals surface area contributed by atoms with Crippen LogP contribution in [0.25, 0.3) is 0 Å². The molecule has 0 spiro atoms. The summed E-state index contributed by atoms with van der Waals surface area (Å²) < 4.78 is 0. The Bertz CT molecular complexity index is 455. The van der Waals surface area contributed by atoms with E-state index < -0.39 is 5.97 Å². The SMILES string of the molecule is O=C(O)CCCCCCC1C(=O)CCC1C1CCCCCC1=CO. The zero-order valence-corrected chi connectivity index (χ0v) is 14.7. The molecule has 2 N–H and O–H groups in total. The summed E-state index contributed by atoms with van der Waals surface area (Å²) in [5.74, 6) is 0.640. The van der Waals surface area contributed by atoms with Crippen LogP contribution in [-0.4, -0.2) is 22.0 Å². The number of carbonyl (C=O) groups is 2. The summed E-state index contributed by atoms with van der Waals surface area (Å²) in [6, 6.07) is 0. The fourth-order valence-electron chi connectivity index (χ4n) is 4.68. The minimum absolute atomic E-state index is 0.155. The van der Waals surface area contributed by atoms with Crippen molar-refractivity contribution >= 4 is 11.8 Å². The van der Waals surface area contributed by atoms with E-state index >= 15 is 0 Å². The molecular weight excluding hydrogens is 304 g/mol. The highest BCUT2D eigenvalue weighted by Crippen LogP contribution is 2.44. The van der Waals surface area contributed by atoms with Gasteiger partial charge in [0.25, 0.3) is 0 Å². The first-order valence-electron chi connectivity index (χ1n) is 9.71. The van der Waals surface area contributed by atoms with Gasteiger partial charge in [-0.05, 0) is 55.9 Å². The van der Waals surface area contributed by atoms with Crippen molar-refractivity contribution in [3.8, 4) is 0 Å². The molecule has 0 bridgehead atoms. The maximum atomic E-state index is 12.4. The molecule has 0 heterocycles. The Morgan fingerprint density at radius 1 is 1.04 bits per heavy atom.